The van der Waals surface area contributed by atoms with Gasteiger partial charge in [-0.25, -0.2) is 4.79 Å². The molecule has 0 bridgehead atoms. The molecule has 6 heteroatoms. The summed E-state index contributed by atoms with van der Waals surface area (Å²) in [5.41, 5.74) is 1.08. The highest BCUT2D eigenvalue weighted by Crippen LogP contribution is 2.18. The molecule has 1 unspecified atom stereocenters. The fourth-order valence-corrected chi connectivity index (χ4v) is 2.48. The van der Waals surface area contributed by atoms with Crippen LogP contribution in [-0.4, -0.2) is 22.9 Å². The van der Waals surface area contributed by atoms with E-state index in [2.05, 4.69) is 10.6 Å². The van der Waals surface area contributed by atoms with Gasteiger partial charge in [0.1, 0.15) is 6.04 Å². The zero-order valence-corrected chi connectivity index (χ0v) is 14.7. The van der Waals surface area contributed by atoms with Gasteiger partial charge < -0.3 is 15.7 Å². The minimum absolute atomic E-state index is 0.0721. The van der Waals surface area contributed by atoms with Gasteiger partial charge in [-0.3, -0.25) is 9.59 Å². The summed E-state index contributed by atoms with van der Waals surface area (Å²) in [6.07, 6.45) is 0.311. The van der Waals surface area contributed by atoms with Crippen LogP contribution in [0.3, 0.4) is 0 Å². The van der Waals surface area contributed by atoms with Crippen LogP contribution in [-0.2, 0) is 9.59 Å². The van der Waals surface area contributed by atoms with Crippen molar-refractivity contribution in [3.8, 4) is 0 Å². The summed E-state index contributed by atoms with van der Waals surface area (Å²) in [5.74, 6) is -1.56. The lowest BCUT2D eigenvalue weighted by molar-refractivity contribution is -0.127. The van der Waals surface area contributed by atoms with Crippen molar-refractivity contribution < 1.29 is 19.5 Å². The third kappa shape index (κ3) is 5.44. The van der Waals surface area contributed by atoms with Crippen LogP contribution in [0, 0.1) is 5.92 Å². The zero-order chi connectivity index (χ0) is 19.1. The van der Waals surface area contributed by atoms with Crippen LogP contribution in [0.15, 0.2) is 54.6 Å². The molecule has 0 saturated heterocycles. The standard InChI is InChI=1S/C20H22N2O4/c1-13(2)11-17(23)22-18(14-7-4-3-5-8-14)19(24)21-16-10-6-9-15(12-16)20(25)26/h3-10,12-13,18H,11H2,1-2H3,(H,21,24)(H,22,23)(H,25,26). The fourth-order valence-electron chi connectivity index (χ4n) is 2.48. The molecule has 2 amide bonds. The van der Waals surface area contributed by atoms with Gasteiger partial charge >= 0.3 is 5.97 Å². The van der Waals surface area contributed by atoms with Crippen molar-refractivity contribution in [1.82, 2.24) is 5.32 Å². The van der Waals surface area contributed by atoms with Crippen molar-refractivity contribution in [1.29, 1.82) is 0 Å². The third-order valence-electron chi connectivity index (χ3n) is 3.67. The molecule has 1 atom stereocenters. The number of anilines is 1. The molecule has 0 spiro atoms. The minimum Gasteiger partial charge on any atom is -0.478 e. The maximum atomic E-state index is 12.7. The number of rotatable bonds is 7. The number of benzene rings is 2. The maximum Gasteiger partial charge on any atom is 0.335 e. The smallest absolute Gasteiger partial charge is 0.335 e. The molecule has 6 nitrogen and oxygen atoms in total. The van der Waals surface area contributed by atoms with Gasteiger partial charge in [-0.2, -0.15) is 0 Å². The summed E-state index contributed by atoms with van der Waals surface area (Å²) >= 11 is 0. The van der Waals surface area contributed by atoms with Crippen molar-refractivity contribution in [2.45, 2.75) is 26.3 Å². The monoisotopic (exact) mass is 354 g/mol. The first-order chi connectivity index (χ1) is 12.4. The van der Waals surface area contributed by atoms with Crippen molar-refractivity contribution in [2.24, 2.45) is 5.92 Å². The van der Waals surface area contributed by atoms with E-state index in [1.165, 1.54) is 12.1 Å². The lowest BCUT2D eigenvalue weighted by atomic mass is 10.0. The Labute approximate surface area is 152 Å². The first-order valence-electron chi connectivity index (χ1n) is 8.35. The van der Waals surface area contributed by atoms with E-state index in [0.29, 0.717) is 17.7 Å². The Kier molecular flexibility index (Phi) is 6.49. The predicted molar refractivity (Wildman–Crippen MR) is 98.8 cm³/mol. The number of hydrogen-bond donors (Lipinski definition) is 3. The van der Waals surface area contributed by atoms with Gasteiger partial charge in [0, 0.05) is 12.1 Å². The SMILES string of the molecule is CC(C)CC(=O)NC(C(=O)Nc1cccc(C(=O)O)c1)c1ccccc1. The van der Waals surface area contributed by atoms with E-state index in [1.54, 1.807) is 36.4 Å². The van der Waals surface area contributed by atoms with E-state index in [1.807, 2.05) is 19.9 Å². The van der Waals surface area contributed by atoms with Gasteiger partial charge in [0.2, 0.25) is 5.91 Å². The van der Waals surface area contributed by atoms with Gasteiger partial charge in [0.25, 0.3) is 5.91 Å². The number of amides is 2. The molecule has 2 aromatic carbocycles. The molecule has 2 rings (SSSR count). The van der Waals surface area contributed by atoms with E-state index in [9.17, 15) is 14.4 Å². The molecular weight excluding hydrogens is 332 g/mol. The van der Waals surface area contributed by atoms with Gasteiger partial charge in [-0.1, -0.05) is 50.2 Å². The molecule has 2 aromatic rings. The number of carboxylic acid groups (broad SMARTS) is 1. The van der Waals surface area contributed by atoms with Gasteiger partial charge in [0.05, 0.1) is 5.56 Å². The highest BCUT2D eigenvalue weighted by atomic mass is 16.4. The van der Waals surface area contributed by atoms with E-state index >= 15 is 0 Å². The van der Waals surface area contributed by atoms with Crippen molar-refractivity contribution in [3.63, 3.8) is 0 Å². The van der Waals surface area contributed by atoms with Gasteiger partial charge in [-0.05, 0) is 29.7 Å². The van der Waals surface area contributed by atoms with E-state index in [4.69, 9.17) is 5.11 Å². The minimum atomic E-state index is -1.08. The Balaban J connectivity index is 2.21. The van der Waals surface area contributed by atoms with Crippen LogP contribution >= 0.6 is 0 Å². The summed E-state index contributed by atoms with van der Waals surface area (Å²) in [7, 11) is 0. The molecule has 0 radical (unpaired) electrons. The molecular formula is C20H22N2O4. The Hall–Kier alpha value is -3.15. The molecule has 0 fully saturated rings. The normalized spacial score (nSPS) is 11.7. The molecule has 136 valence electrons. The number of carboxylic acids is 1. The van der Waals surface area contributed by atoms with Crippen LogP contribution in [0.5, 0.6) is 0 Å². The second kappa shape index (κ2) is 8.80. The molecule has 0 saturated carbocycles. The van der Waals surface area contributed by atoms with E-state index in [0.717, 1.165) is 0 Å². The molecule has 3 N–H and O–H groups in total. The molecule has 0 aliphatic heterocycles. The van der Waals surface area contributed by atoms with Crippen molar-refractivity contribution >= 4 is 23.5 Å². The highest BCUT2D eigenvalue weighted by Gasteiger charge is 2.23. The number of carbonyl (C=O) groups is 3. The van der Waals surface area contributed by atoms with Crippen LogP contribution in [0.1, 0.15) is 42.2 Å². The molecule has 0 aliphatic carbocycles. The summed E-state index contributed by atoms with van der Waals surface area (Å²) in [5, 5.41) is 14.5. The maximum absolute atomic E-state index is 12.7. The second-order valence-corrected chi connectivity index (χ2v) is 6.38. The Morgan fingerprint density at radius 2 is 1.69 bits per heavy atom. The number of aromatic carboxylic acids is 1. The van der Waals surface area contributed by atoms with Crippen LogP contribution in [0.25, 0.3) is 0 Å². The Bertz CT molecular complexity index is 787. The quantitative estimate of drug-likeness (QED) is 0.711. The molecule has 0 aliphatic rings. The predicted octanol–water partition coefficient (Wildman–Crippen LogP) is 3.23. The van der Waals surface area contributed by atoms with Crippen molar-refractivity contribution in [2.75, 3.05) is 5.32 Å². The number of nitrogens with one attached hydrogen (secondary N) is 2. The summed E-state index contributed by atoms with van der Waals surface area (Å²) in [6, 6.07) is 14.0. The van der Waals surface area contributed by atoms with Crippen LogP contribution in [0.4, 0.5) is 5.69 Å². The Morgan fingerprint density at radius 3 is 2.31 bits per heavy atom. The zero-order valence-electron chi connectivity index (χ0n) is 14.7. The largest absolute Gasteiger partial charge is 0.478 e. The van der Waals surface area contributed by atoms with Crippen LogP contribution < -0.4 is 10.6 Å². The van der Waals surface area contributed by atoms with Gasteiger partial charge in [-0.15, -0.1) is 0 Å². The number of carbonyl (C=O) groups excluding carboxylic acids is 2. The summed E-state index contributed by atoms with van der Waals surface area (Å²) < 4.78 is 0. The average Bonchev–Trinajstić information content (AvgIpc) is 2.60. The lowest BCUT2D eigenvalue weighted by Gasteiger charge is -2.19. The van der Waals surface area contributed by atoms with E-state index in [-0.39, 0.29) is 17.4 Å². The van der Waals surface area contributed by atoms with Crippen LogP contribution in [0.2, 0.25) is 0 Å². The third-order valence-corrected chi connectivity index (χ3v) is 3.67. The van der Waals surface area contributed by atoms with Gasteiger partial charge in [0.15, 0.2) is 0 Å². The molecule has 0 heterocycles. The first kappa shape index (κ1) is 19.2. The summed E-state index contributed by atoms with van der Waals surface area (Å²) in [4.78, 5) is 36.0. The second-order valence-electron chi connectivity index (χ2n) is 6.38. The highest BCUT2D eigenvalue weighted by molar-refractivity contribution is 5.99. The number of hydrogen-bond acceptors (Lipinski definition) is 3. The summed E-state index contributed by atoms with van der Waals surface area (Å²) in [6.45, 7) is 3.85. The molecule has 26 heavy (non-hydrogen) atoms. The first-order valence-corrected chi connectivity index (χ1v) is 8.35. The fraction of sp³-hybridized carbons (Fsp3) is 0.250. The lowest BCUT2D eigenvalue weighted by Crippen LogP contribution is -2.37. The molecule has 0 aromatic heterocycles. The van der Waals surface area contributed by atoms with E-state index < -0.39 is 17.9 Å². The topological polar surface area (TPSA) is 95.5 Å². The van der Waals surface area contributed by atoms with Crippen molar-refractivity contribution in [3.05, 3.63) is 65.7 Å². The Morgan fingerprint density at radius 1 is 1.00 bits per heavy atom. The average molecular weight is 354 g/mol.